The van der Waals surface area contributed by atoms with E-state index >= 15 is 0 Å². The highest BCUT2D eigenvalue weighted by molar-refractivity contribution is 6.17. The first-order valence-electron chi connectivity index (χ1n) is 4.02. The van der Waals surface area contributed by atoms with Gasteiger partial charge in [-0.25, -0.2) is 0 Å². The molecule has 1 aromatic carbocycles. The number of hydrogen-bond acceptors (Lipinski definition) is 1. The number of hydrogen-bond donors (Lipinski definition) is 0. The molecule has 0 saturated heterocycles. The van der Waals surface area contributed by atoms with Crippen LogP contribution in [0.3, 0.4) is 0 Å². The number of alkyl halides is 1. The summed E-state index contributed by atoms with van der Waals surface area (Å²) in [6, 6.07) is 10.1. The third-order valence-corrected chi connectivity index (χ3v) is 2.05. The maximum Gasteiger partial charge on any atom is 0.0832 e. The van der Waals surface area contributed by atoms with Crippen LogP contribution < -0.4 is 0 Å². The van der Waals surface area contributed by atoms with Crippen molar-refractivity contribution in [3.8, 4) is 0 Å². The largest absolute Gasteiger partial charge is 0.377 e. The Morgan fingerprint density at radius 1 is 1.33 bits per heavy atom. The molecule has 0 aliphatic carbocycles. The van der Waals surface area contributed by atoms with E-state index in [0.29, 0.717) is 5.88 Å². The zero-order valence-corrected chi connectivity index (χ0v) is 7.92. The molecule has 0 unspecified atom stereocenters. The van der Waals surface area contributed by atoms with Gasteiger partial charge in [0.1, 0.15) is 0 Å². The van der Waals surface area contributed by atoms with Crippen LogP contribution in [0.25, 0.3) is 0 Å². The van der Waals surface area contributed by atoms with Gasteiger partial charge < -0.3 is 4.74 Å². The highest BCUT2D eigenvalue weighted by Crippen LogP contribution is 2.19. The van der Waals surface area contributed by atoms with Gasteiger partial charge in [-0.1, -0.05) is 30.3 Å². The van der Waals surface area contributed by atoms with E-state index in [1.165, 1.54) is 5.56 Å². The fourth-order valence-electron chi connectivity index (χ4n) is 1.19. The number of benzene rings is 1. The average molecular weight is 185 g/mol. The summed E-state index contributed by atoms with van der Waals surface area (Å²) in [6.45, 7) is 0. The first-order chi connectivity index (χ1) is 5.88. The van der Waals surface area contributed by atoms with Crippen LogP contribution in [0.4, 0.5) is 0 Å². The van der Waals surface area contributed by atoms with Crippen LogP contribution in [-0.4, -0.2) is 13.0 Å². The van der Waals surface area contributed by atoms with Gasteiger partial charge in [-0.2, -0.15) is 0 Å². The minimum absolute atomic E-state index is 0.142. The SMILES string of the molecule is CO[C@H](CCCl)c1ccccc1. The maximum atomic E-state index is 5.64. The lowest BCUT2D eigenvalue weighted by molar-refractivity contribution is 0.101. The zero-order valence-electron chi connectivity index (χ0n) is 7.16. The molecule has 0 heterocycles. The van der Waals surface area contributed by atoms with E-state index in [2.05, 4.69) is 12.1 Å². The van der Waals surface area contributed by atoms with E-state index in [9.17, 15) is 0 Å². The molecule has 1 aromatic rings. The molecule has 0 aromatic heterocycles. The third-order valence-electron chi connectivity index (χ3n) is 1.83. The highest BCUT2D eigenvalue weighted by Gasteiger charge is 2.07. The maximum absolute atomic E-state index is 5.64. The van der Waals surface area contributed by atoms with Gasteiger partial charge in [0.25, 0.3) is 0 Å². The normalized spacial score (nSPS) is 12.8. The molecule has 0 aliphatic rings. The third kappa shape index (κ3) is 2.50. The number of halogens is 1. The Kier molecular flexibility index (Phi) is 4.12. The van der Waals surface area contributed by atoms with Crippen molar-refractivity contribution in [2.24, 2.45) is 0 Å². The topological polar surface area (TPSA) is 9.23 Å². The summed E-state index contributed by atoms with van der Waals surface area (Å²) in [6.07, 6.45) is 1.01. The van der Waals surface area contributed by atoms with Crippen molar-refractivity contribution < 1.29 is 4.74 Å². The summed E-state index contributed by atoms with van der Waals surface area (Å²) >= 11 is 5.64. The van der Waals surface area contributed by atoms with Crippen LogP contribution in [0.1, 0.15) is 18.1 Å². The second-order valence-electron chi connectivity index (χ2n) is 2.61. The molecular weight excluding hydrogens is 172 g/mol. The predicted octanol–water partition coefficient (Wildman–Crippen LogP) is 3.00. The Morgan fingerprint density at radius 3 is 2.50 bits per heavy atom. The molecule has 0 amide bonds. The molecule has 66 valence electrons. The molecule has 1 atom stereocenters. The van der Waals surface area contributed by atoms with Crippen LogP contribution in [0.2, 0.25) is 0 Å². The molecule has 0 radical (unpaired) electrons. The molecule has 0 N–H and O–H groups in total. The number of methoxy groups -OCH3 is 1. The van der Waals surface area contributed by atoms with Gasteiger partial charge in [-0.3, -0.25) is 0 Å². The summed E-state index contributed by atoms with van der Waals surface area (Å²) in [5, 5.41) is 0. The Hall–Kier alpha value is -0.530. The molecule has 1 rings (SSSR count). The van der Waals surface area contributed by atoms with Gasteiger partial charge in [-0.15, -0.1) is 11.6 Å². The fourth-order valence-corrected chi connectivity index (χ4v) is 1.39. The smallest absolute Gasteiger partial charge is 0.0832 e. The summed E-state index contributed by atoms with van der Waals surface area (Å²) in [7, 11) is 1.71. The van der Waals surface area contributed by atoms with Gasteiger partial charge in [0.05, 0.1) is 6.10 Å². The molecule has 12 heavy (non-hydrogen) atoms. The molecule has 0 saturated carbocycles. The summed E-state index contributed by atoms with van der Waals surface area (Å²) in [4.78, 5) is 0. The first-order valence-corrected chi connectivity index (χ1v) is 4.55. The molecular formula is C10H13ClO. The van der Waals surface area contributed by atoms with Gasteiger partial charge in [0.2, 0.25) is 0 Å². The van der Waals surface area contributed by atoms with Crippen molar-refractivity contribution in [1.82, 2.24) is 0 Å². The van der Waals surface area contributed by atoms with Crippen molar-refractivity contribution in [2.75, 3.05) is 13.0 Å². The Balaban J connectivity index is 2.66. The summed E-state index contributed by atoms with van der Waals surface area (Å²) < 4.78 is 5.29. The van der Waals surface area contributed by atoms with Crippen molar-refractivity contribution >= 4 is 11.6 Å². The van der Waals surface area contributed by atoms with E-state index in [-0.39, 0.29) is 6.10 Å². The van der Waals surface area contributed by atoms with E-state index in [0.717, 1.165) is 6.42 Å². The first kappa shape index (κ1) is 9.56. The van der Waals surface area contributed by atoms with Crippen LogP contribution in [0.5, 0.6) is 0 Å². The number of ether oxygens (including phenoxy) is 1. The van der Waals surface area contributed by atoms with Crippen molar-refractivity contribution in [3.05, 3.63) is 35.9 Å². The second-order valence-corrected chi connectivity index (χ2v) is 2.99. The van der Waals surface area contributed by atoms with Gasteiger partial charge in [0.15, 0.2) is 0 Å². The predicted molar refractivity (Wildman–Crippen MR) is 51.5 cm³/mol. The van der Waals surface area contributed by atoms with Crippen molar-refractivity contribution in [1.29, 1.82) is 0 Å². The second kappa shape index (κ2) is 5.18. The monoisotopic (exact) mass is 184 g/mol. The van der Waals surface area contributed by atoms with E-state index in [4.69, 9.17) is 16.3 Å². The lowest BCUT2D eigenvalue weighted by Gasteiger charge is -2.13. The Bertz CT molecular complexity index is 210. The summed E-state index contributed by atoms with van der Waals surface area (Å²) in [5.74, 6) is 0.632. The van der Waals surface area contributed by atoms with Gasteiger partial charge >= 0.3 is 0 Å². The quantitative estimate of drug-likeness (QED) is 0.654. The molecule has 0 spiro atoms. The zero-order chi connectivity index (χ0) is 8.81. The van der Waals surface area contributed by atoms with E-state index in [1.807, 2.05) is 18.2 Å². The minimum Gasteiger partial charge on any atom is -0.377 e. The summed E-state index contributed by atoms with van der Waals surface area (Å²) in [5.41, 5.74) is 1.20. The molecule has 0 aliphatic heterocycles. The van der Waals surface area contributed by atoms with Crippen molar-refractivity contribution in [3.63, 3.8) is 0 Å². The molecule has 0 bridgehead atoms. The molecule has 0 fully saturated rings. The average Bonchev–Trinajstić information content (AvgIpc) is 2.15. The van der Waals surface area contributed by atoms with Crippen LogP contribution in [-0.2, 0) is 4.74 Å². The standard InChI is InChI=1S/C10H13ClO/c1-12-10(7-8-11)9-5-3-2-4-6-9/h2-6,10H,7-8H2,1H3/t10-/m1/s1. The van der Waals surface area contributed by atoms with E-state index in [1.54, 1.807) is 7.11 Å². The molecule has 2 heteroatoms. The minimum atomic E-state index is 0.142. The van der Waals surface area contributed by atoms with Crippen LogP contribution >= 0.6 is 11.6 Å². The van der Waals surface area contributed by atoms with Crippen molar-refractivity contribution in [2.45, 2.75) is 12.5 Å². The lowest BCUT2D eigenvalue weighted by atomic mass is 10.1. The lowest BCUT2D eigenvalue weighted by Crippen LogP contribution is -2.01. The Labute approximate surface area is 78.3 Å². The Morgan fingerprint density at radius 2 is 2.00 bits per heavy atom. The van der Waals surface area contributed by atoms with Crippen LogP contribution in [0.15, 0.2) is 30.3 Å². The molecule has 1 nitrogen and oxygen atoms in total. The fraction of sp³-hybridized carbons (Fsp3) is 0.400. The highest BCUT2D eigenvalue weighted by atomic mass is 35.5. The van der Waals surface area contributed by atoms with Gasteiger partial charge in [0, 0.05) is 13.0 Å². The number of rotatable bonds is 4. The van der Waals surface area contributed by atoms with E-state index < -0.39 is 0 Å². The van der Waals surface area contributed by atoms with Crippen LogP contribution in [0, 0.1) is 0 Å². The van der Waals surface area contributed by atoms with Gasteiger partial charge in [-0.05, 0) is 12.0 Å².